The van der Waals surface area contributed by atoms with E-state index >= 15 is 0 Å². The number of nitrogens with zero attached hydrogens (tertiary/aromatic N) is 1. The molecule has 23 heavy (non-hydrogen) atoms. The van der Waals surface area contributed by atoms with E-state index in [1.165, 1.54) is 0 Å². The van der Waals surface area contributed by atoms with Crippen LogP contribution in [0.5, 0.6) is 0 Å². The van der Waals surface area contributed by atoms with Crippen LogP contribution in [0.4, 0.5) is 0 Å². The Morgan fingerprint density at radius 2 is 1.65 bits per heavy atom. The van der Waals surface area contributed by atoms with E-state index in [2.05, 4.69) is 10.5 Å². The lowest BCUT2D eigenvalue weighted by atomic mass is 10.0. The quantitative estimate of drug-likeness (QED) is 0.564. The Bertz CT molecular complexity index is 835. The summed E-state index contributed by atoms with van der Waals surface area (Å²) in [4.78, 5) is 12.4. The number of amides is 1. The minimum atomic E-state index is -0.196. The average Bonchev–Trinajstić information content (AvgIpc) is 2.61. The second-order valence-corrected chi connectivity index (χ2v) is 5.45. The predicted octanol–water partition coefficient (Wildman–Crippen LogP) is 4.36. The first-order valence-electron chi connectivity index (χ1n) is 7.62. The number of benzene rings is 3. The van der Waals surface area contributed by atoms with E-state index in [1.54, 1.807) is 6.21 Å². The standard InChI is InChI=1S/C20H18N2O/c1-15(16-8-3-2-4-9-16)14-21-22-20(23)19-13-7-11-17-10-5-6-12-18(17)19/h2-15H,1H3,(H,22,23). The lowest BCUT2D eigenvalue weighted by molar-refractivity contribution is 0.0956. The van der Waals surface area contributed by atoms with Crippen molar-refractivity contribution in [2.24, 2.45) is 5.10 Å². The second kappa shape index (κ2) is 6.88. The molecule has 0 saturated heterocycles. The van der Waals surface area contributed by atoms with Crippen molar-refractivity contribution in [2.45, 2.75) is 12.8 Å². The molecule has 0 saturated carbocycles. The molecule has 1 atom stereocenters. The molecule has 0 radical (unpaired) electrons. The molecular formula is C20H18N2O. The molecule has 0 aliphatic rings. The monoisotopic (exact) mass is 302 g/mol. The van der Waals surface area contributed by atoms with E-state index < -0.39 is 0 Å². The largest absolute Gasteiger partial charge is 0.271 e. The van der Waals surface area contributed by atoms with Gasteiger partial charge in [-0.1, -0.05) is 73.7 Å². The maximum atomic E-state index is 12.4. The zero-order valence-electron chi connectivity index (χ0n) is 12.9. The molecule has 0 bridgehead atoms. The maximum absolute atomic E-state index is 12.4. The van der Waals surface area contributed by atoms with Crippen molar-refractivity contribution in [1.82, 2.24) is 5.43 Å². The van der Waals surface area contributed by atoms with Gasteiger partial charge in [-0.3, -0.25) is 4.79 Å². The molecular weight excluding hydrogens is 284 g/mol. The van der Waals surface area contributed by atoms with E-state index in [0.29, 0.717) is 5.56 Å². The highest BCUT2D eigenvalue weighted by atomic mass is 16.2. The van der Waals surface area contributed by atoms with E-state index in [0.717, 1.165) is 16.3 Å². The van der Waals surface area contributed by atoms with Gasteiger partial charge in [0.05, 0.1) is 0 Å². The molecule has 3 nitrogen and oxygen atoms in total. The molecule has 0 aliphatic heterocycles. The van der Waals surface area contributed by atoms with Crippen LogP contribution >= 0.6 is 0 Å². The number of carbonyl (C=O) groups is 1. The number of carbonyl (C=O) groups excluding carboxylic acids is 1. The predicted molar refractivity (Wildman–Crippen MR) is 94.8 cm³/mol. The van der Waals surface area contributed by atoms with Crippen molar-refractivity contribution in [1.29, 1.82) is 0 Å². The van der Waals surface area contributed by atoms with Gasteiger partial charge in [-0.15, -0.1) is 0 Å². The van der Waals surface area contributed by atoms with Crippen molar-refractivity contribution in [3.8, 4) is 0 Å². The number of hydrazone groups is 1. The van der Waals surface area contributed by atoms with Crippen molar-refractivity contribution in [3.63, 3.8) is 0 Å². The minimum Gasteiger partial charge on any atom is -0.267 e. The third-order valence-corrected chi connectivity index (χ3v) is 3.82. The van der Waals surface area contributed by atoms with Gasteiger partial charge in [-0.05, 0) is 22.4 Å². The Hall–Kier alpha value is -2.94. The summed E-state index contributed by atoms with van der Waals surface area (Å²) in [5.74, 6) is -0.0534. The van der Waals surface area contributed by atoms with Crippen LogP contribution in [-0.2, 0) is 0 Å². The summed E-state index contributed by atoms with van der Waals surface area (Å²) >= 11 is 0. The number of hydrogen-bond acceptors (Lipinski definition) is 2. The van der Waals surface area contributed by atoms with Crippen molar-refractivity contribution < 1.29 is 4.79 Å². The Kier molecular flexibility index (Phi) is 4.48. The Labute approximate surface area is 135 Å². The Balaban J connectivity index is 1.73. The van der Waals surface area contributed by atoms with Gasteiger partial charge in [0.25, 0.3) is 5.91 Å². The normalized spacial score (nSPS) is 12.4. The van der Waals surface area contributed by atoms with E-state index in [1.807, 2.05) is 79.7 Å². The molecule has 3 rings (SSSR count). The Morgan fingerprint density at radius 3 is 2.48 bits per heavy atom. The van der Waals surface area contributed by atoms with Crippen LogP contribution in [-0.4, -0.2) is 12.1 Å². The van der Waals surface area contributed by atoms with E-state index in [4.69, 9.17) is 0 Å². The van der Waals surface area contributed by atoms with Gasteiger partial charge in [-0.25, -0.2) is 5.43 Å². The number of fused-ring (bicyclic) bond motifs is 1. The van der Waals surface area contributed by atoms with E-state index in [9.17, 15) is 4.79 Å². The molecule has 1 unspecified atom stereocenters. The van der Waals surface area contributed by atoms with Gasteiger partial charge in [0.2, 0.25) is 0 Å². The molecule has 3 aromatic carbocycles. The fraction of sp³-hybridized carbons (Fsp3) is 0.100. The van der Waals surface area contributed by atoms with Gasteiger partial charge in [0.1, 0.15) is 0 Å². The van der Waals surface area contributed by atoms with Crippen LogP contribution in [0.1, 0.15) is 28.8 Å². The fourth-order valence-electron chi connectivity index (χ4n) is 2.53. The molecule has 0 spiro atoms. The molecule has 1 amide bonds. The van der Waals surface area contributed by atoms with Crippen molar-refractivity contribution >= 4 is 22.9 Å². The molecule has 0 heterocycles. The maximum Gasteiger partial charge on any atom is 0.271 e. The van der Waals surface area contributed by atoms with Gasteiger partial charge in [0, 0.05) is 17.7 Å². The number of rotatable bonds is 4. The first-order valence-corrected chi connectivity index (χ1v) is 7.62. The van der Waals surface area contributed by atoms with E-state index in [-0.39, 0.29) is 11.8 Å². The molecule has 114 valence electrons. The van der Waals surface area contributed by atoms with Crippen LogP contribution < -0.4 is 5.43 Å². The van der Waals surface area contributed by atoms with Gasteiger partial charge in [0.15, 0.2) is 0 Å². The second-order valence-electron chi connectivity index (χ2n) is 5.45. The van der Waals surface area contributed by atoms with Crippen molar-refractivity contribution in [2.75, 3.05) is 0 Å². The average molecular weight is 302 g/mol. The molecule has 0 aromatic heterocycles. The lowest BCUT2D eigenvalue weighted by Gasteiger charge is -2.07. The van der Waals surface area contributed by atoms with Gasteiger partial charge in [-0.2, -0.15) is 5.10 Å². The summed E-state index contributed by atoms with van der Waals surface area (Å²) in [6.07, 6.45) is 1.75. The number of hydrogen-bond donors (Lipinski definition) is 1. The fourth-order valence-corrected chi connectivity index (χ4v) is 2.53. The molecule has 3 heteroatoms. The van der Waals surface area contributed by atoms with Crippen LogP contribution in [0, 0.1) is 0 Å². The molecule has 3 aromatic rings. The summed E-state index contributed by atoms with van der Waals surface area (Å²) in [6.45, 7) is 2.04. The number of nitrogens with one attached hydrogen (secondary N) is 1. The summed E-state index contributed by atoms with van der Waals surface area (Å²) < 4.78 is 0. The van der Waals surface area contributed by atoms with Crippen LogP contribution in [0.2, 0.25) is 0 Å². The zero-order valence-corrected chi connectivity index (χ0v) is 12.9. The third-order valence-electron chi connectivity index (χ3n) is 3.82. The first kappa shape index (κ1) is 15.0. The van der Waals surface area contributed by atoms with Gasteiger partial charge < -0.3 is 0 Å². The van der Waals surface area contributed by atoms with Crippen LogP contribution in [0.3, 0.4) is 0 Å². The summed E-state index contributed by atoms with van der Waals surface area (Å²) in [6, 6.07) is 23.6. The van der Waals surface area contributed by atoms with Crippen molar-refractivity contribution in [3.05, 3.63) is 83.9 Å². The highest BCUT2D eigenvalue weighted by molar-refractivity contribution is 6.07. The topological polar surface area (TPSA) is 41.5 Å². The Morgan fingerprint density at radius 1 is 0.957 bits per heavy atom. The summed E-state index contributed by atoms with van der Waals surface area (Å²) in [7, 11) is 0. The minimum absolute atomic E-state index is 0.143. The summed E-state index contributed by atoms with van der Waals surface area (Å²) in [5, 5.41) is 6.08. The SMILES string of the molecule is CC(C=NNC(=O)c1cccc2ccccc12)c1ccccc1. The first-order chi connectivity index (χ1) is 11.3. The van der Waals surface area contributed by atoms with Gasteiger partial charge >= 0.3 is 0 Å². The summed E-state index contributed by atoms with van der Waals surface area (Å²) in [5.41, 5.74) is 4.42. The van der Waals surface area contributed by atoms with Crippen LogP contribution in [0.15, 0.2) is 77.9 Å². The highest BCUT2D eigenvalue weighted by Gasteiger charge is 2.08. The lowest BCUT2D eigenvalue weighted by Crippen LogP contribution is -2.18. The zero-order chi connectivity index (χ0) is 16.1. The highest BCUT2D eigenvalue weighted by Crippen LogP contribution is 2.18. The molecule has 0 aliphatic carbocycles. The molecule has 1 N–H and O–H groups in total. The third kappa shape index (κ3) is 3.46. The van der Waals surface area contributed by atoms with Crippen LogP contribution in [0.25, 0.3) is 10.8 Å². The molecule has 0 fully saturated rings. The smallest absolute Gasteiger partial charge is 0.267 e.